The molecule has 2 N–H and O–H groups in total. The Kier molecular flexibility index (Phi) is 5.56. The lowest BCUT2D eigenvalue weighted by molar-refractivity contribution is -0.0366. The van der Waals surface area contributed by atoms with E-state index in [1.807, 2.05) is 17.9 Å². The average Bonchev–Trinajstić information content (AvgIpc) is 2.62. The van der Waals surface area contributed by atoms with Crippen molar-refractivity contribution in [3.8, 4) is 0 Å². The summed E-state index contributed by atoms with van der Waals surface area (Å²) in [6.45, 7) is 4.31. The second-order valence-corrected chi connectivity index (χ2v) is 6.91. The van der Waals surface area contributed by atoms with Crippen LogP contribution in [0.4, 0.5) is 4.79 Å². The van der Waals surface area contributed by atoms with Gasteiger partial charge in [0.25, 0.3) is 0 Å². The number of amides is 2. The number of pyridine rings is 1. The highest BCUT2D eigenvalue weighted by atomic mass is 16.5. The van der Waals surface area contributed by atoms with Gasteiger partial charge < -0.3 is 19.9 Å². The number of urea groups is 1. The maximum atomic E-state index is 12.6. The minimum atomic E-state index is -0.189. The van der Waals surface area contributed by atoms with Crippen LogP contribution in [0.1, 0.15) is 50.6 Å². The molecule has 24 heavy (non-hydrogen) atoms. The van der Waals surface area contributed by atoms with Crippen molar-refractivity contribution in [1.82, 2.24) is 15.2 Å². The van der Waals surface area contributed by atoms with Crippen LogP contribution in [0.25, 0.3) is 0 Å². The van der Waals surface area contributed by atoms with E-state index in [-0.39, 0.29) is 17.6 Å². The Morgan fingerprint density at radius 1 is 1.38 bits per heavy atom. The Morgan fingerprint density at radius 3 is 3.00 bits per heavy atom. The van der Waals surface area contributed by atoms with Gasteiger partial charge in [-0.1, -0.05) is 0 Å². The molecular weight excluding hydrogens is 306 g/mol. The molecule has 3 heterocycles. The molecule has 0 aliphatic carbocycles. The van der Waals surface area contributed by atoms with Crippen molar-refractivity contribution in [2.45, 2.75) is 51.2 Å². The third kappa shape index (κ3) is 4.17. The summed E-state index contributed by atoms with van der Waals surface area (Å²) in [5.41, 5.74) is 0.664. The summed E-state index contributed by atoms with van der Waals surface area (Å²) in [6, 6.07) is 3.11. The molecule has 132 valence electrons. The fourth-order valence-electron chi connectivity index (χ4n) is 3.73. The summed E-state index contributed by atoms with van der Waals surface area (Å²) >= 11 is 0. The number of nitrogens with one attached hydrogen (secondary N) is 2. The zero-order chi connectivity index (χ0) is 16.9. The maximum absolute atomic E-state index is 12.6. The van der Waals surface area contributed by atoms with Gasteiger partial charge in [-0.3, -0.25) is 4.79 Å². The van der Waals surface area contributed by atoms with Gasteiger partial charge in [-0.2, -0.15) is 0 Å². The van der Waals surface area contributed by atoms with Crippen molar-refractivity contribution >= 4 is 6.03 Å². The summed E-state index contributed by atoms with van der Waals surface area (Å²) in [4.78, 5) is 28.5. The normalized spacial score (nSPS) is 26.0. The Bertz CT molecular complexity index is 610. The number of nitrogens with zero attached hydrogens (tertiary/aromatic N) is 1. The Labute approximate surface area is 142 Å². The van der Waals surface area contributed by atoms with Crippen molar-refractivity contribution in [3.63, 3.8) is 0 Å². The number of carbonyl (C=O) groups excluding carboxylic acids is 1. The Balaban J connectivity index is 1.56. The maximum Gasteiger partial charge on any atom is 0.317 e. The largest absolute Gasteiger partial charge is 0.378 e. The molecule has 3 rings (SSSR count). The van der Waals surface area contributed by atoms with Gasteiger partial charge in [0, 0.05) is 37.9 Å². The highest BCUT2D eigenvalue weighted by Gasteiger charge is 2.31. The van der Waals surface area contributed by atoms with Crippen molar-refractivity contribution in [2.24, 2.45) is 5.92 Å². The van der Waals surface area contributed by atoms with Gasteiger partial charge >= 0.3 is 6.03 Å². The second-order valence-electron chi connectivity index (χ2n) is 6.91. The van der Waals surface area contributed by atoms with Gasteiger partial charge in [0.1, 0.15) is 0 Å². The van der Waals surface area contributed by atoms with E-state index in [1.165, 1.54) is 12.5 Å². The molecule has 0 saturated carbocycles. The third-order valence-electron chi connectivity index (χ3n) is 5.12. The minimum Gasteiger partial charge on any atom is -0.378 e. The predicted octanol–water partition coefficient (Wildman–Crippen LogP) is 2.43. The average molecular weight is 333 g/mol. The van der Waals surface area contributed by atoms with E-state index in [9.17, 15) is 9.59 Å². The predicted molar refractivity (Wildman–Crippen MR) is 91.9 cm³/mol. The Morgan fingerprint density at radius 2 is 2.25 bits per heavy atom. The second kappa shape index (κ2) is 7.83. The fraction of sp³-hybridized carbons (Fsp3) is 0.667. The number of H-pyrrole nitrogens is 1. The summed E-state index contributed by atoms with van der Waals surface area (Å²) in [5, 5.41) is 3.01. The first-order valence-corrected chi connectivity index (χ1v) is 8.99. The molecule has 0 spiro atoms. The number of piperidine rings is 1. The molecule has 0 bridgehead atoms. The molecule has 3 atom stereocenters. The van der Waals surface area contributed by atoms with Crippen molar-refractivity contribution in [2.75, 3.05) is 19.7 Å². The van der Waals surface area contributed by atoms with Crippen LogP contribution >= 0.6 is 0 Å². The standard InChI is InChI=1S/C18H27N3O3/c1-13(14-7-8-19-17(22)11-14)20-18(23)21-9-4-5-15(12-21)16-6-2-3-10-24-16/h7-8,11,13,15-16H,2-6,9-10,12H2,1H3,(H,19,22)(H,20,23). The van der Waals surface area contributed by atoms with E-state index in [2.05, 4.69) is 10.3 Å². The van der Waals surface area contributed by atoms with Crippen LogP contribution < -0.4 is 10.9 Å². The van der Waals surface area contributed by atoms with Crippen LogP contribution in [0.2, 0.25) is 0 Å². The summed E-state index contributed by atoms with van der Waals surface area (Å²) < 4.78 is 5.91. The molecule has 2 aliphatic heterocycles. The van der Waals surface area contributed by atoms with Crippen molar-refractivity contribution in [1.29, 1.82) is 0 Å². The van der Waals surface area contributed by atoms with Crippen LogP contribution in [0.5, 0.6) is 0 Å². The molecule has 3 unspecified atom stereocenters. The molecule has 1 aromatic heterocycles. The number of hydrogen-bond donors (Lipinski definition) is 2. The molecule has 2 fully saturated rings. The van der Waals surface area contributed by atoms with Gasteiger partial charge in [0.05, 0.1) is 12.1 Å². The highest BCUT2D eigenvalue weighted by Crippen LogP contribution is 2.27. The van der Waals surface area contributed by atoms with Crippen LogP contribution in [-0.4, -0.2) is 41.7 Å². The zero-order valence-electron chi connectivity index (χ0n) is 14.3. The molecule has 6 heteroatoms. The number of hydrogen-bond acceptors (Lipinski definition) is 3. The molecule has 1 aromatic rings. The van der Waals surface area contributed by atoms with Gasteiger partial charge in [0.2, 0.25) is 5.56 Å². The Hall–Kier alpha value is -1.82. The molecule has 6 nitrogen and oxygen atoms in total. The lowest BCUT2D eigenvalue weighted by Gasteiger charge is -2.38. The summed E-state index contributed by atoms with van der Waals surface area (Å²) in [5.74, 6) is 0.444. The number of aromatic nitrogens is 1. The first kappa shape index (κ1) is 17.0. The van der Waals surface area contributed by atoms with E-state index in [4.69, 9.17) is 4.74 Å². The van der Waals surface area contributed by atoms with Crippen molar-refractivity contribution < 1.29 is 9.53 Å². The molecule has 0 radical (unpaired) electrons. The third-order valence-corrected chi connectivity index (χ3v) is 5.12. The number of aromatic amines is 1. The van der Waals surface area contributed by atoms with Crippen molar-refractivity contribution in [3.05, 3.63) is 34.2 Å². The molecule has 2 saturated heterocycles. The van der Waals surface area contributed by atoms with Crippen LogP contribution in [0.15, 0.2) is 23.1 Å². The van der Waals surface area contributed by atoms with E-state index in [0.29, 0.717) is 12.0 Å². The van der Waals surface area contributed by atoms with Gasteiger partial charge in [0.15, 0.2) is 0 Å². The SMILES string of the molecule is CC(NC(=O)N1CCCC(C2CCCCO2)C1)c1cc[nH]c(=O)c1. The van der Waals surface area contributed by atoms with E-state index in [0.717, 1.165) is 50.9 Å². The molecule has 2 aliphatic rings. The molecule has 0 aromatic carbocycles. The monoisotopic (exact) mass is 333 g/mol. The topological polar surface area (TPSA) is 74.4 Å². The number of rotatable bonds is 3. The van der Waals surface area contributed by atoms with Crippen LogP contribution in [0, 0.1) is 5.92 Å². The van der Waals surface area contributed by atoms with Crippen LogP contribution in [-0.2, 0) is 4.74 Å². The minimum absolute atomic E-state index is 0.0525. The van der Waals surface area contributed by atoms with Crippen LogP contribution in [0.3, 0.4) is 0 Å². The highest BCUT2D eigenvalue weighted by molar-refractivity contribution is 5.74. The van der Waals surface area contributed by atoms with E-state index in [1.54, 1.807) is 6.20 Å². The first-order chi connectivity index (χ1) is 11.6. The number of ether oxygens (including phenoxy) is 1. The number of likely N-dealkylation sites (tertiary alicyclic amines) is 1. The van der Waals surface area contributed by atoms with E-state index >= 15 is 0 Å². The molecule has 2 amide bonds. The summed E-state index contributed by atoms with van der Waals surface area (Å²) in [7, 11) is 0. The lowest BCUT2D eigenvalue weighted by atomic mass is 9.88. The summed E-state index contributed by atoms with van der Waals surface area (Å²) in [6.07, 6.45) is 7.57. The smallest absolute Gasteiger partial charge is 0.317 e. The molecular formula is C18H27N3O3. The van der Waals surface area contributed by atoms with Gasteiger partial charge in [-0.05, 0) is 50.7 Å². The van der Waals surface area contributed by atoms with Gasteiger partial charge in [-0.15, -0.1) is 0 Å². The number of carbonyl (C=O) groups is 1. The fourth-order valence-corrected chi connectivity index (χ4v) is 3.73. The first-order valence-electron chi connectivity index (χ1n) is 8.99. The quantitative estimate of drug-likeness (QED) is 0.892. The van der Waals surface area contributed by atoms with Gasteiger partial charge in [-0.25, -0.2) is 4.79 Å². The van der Waals surface area contributed by atoms with E-state index < -0.39 is 0 Å². The zero-order valence-corrected chi connectivity index (χ0v) is 14.3. The lowest BCUT2D eigenvalue weighted by Crippen LogP contribution is -2.49.